The molecule has 3 rings (SSSR count). The Hall–Kier alpha value is -2.67. The van der Waals surface area contributed by atoms with E-state index in [1.54, 1.807) is 37.3 Å². The molecule has 2 heterocycles. The number of hydrogen-bond donors (Lipinski definition) is 2. The number of rotatable bonds is 3. The van der Waals surface area contributed by atoms with Crippen LogP contribution in [-0.2, 0) is 10.3 Å². The molecule has 1 fully saturated rings. The summed E-state index contributed by atoms with van der Waals surface area (Å²) in [6.07, 6.45) is 0. The van der Waals surface area contributed by atoms with Gasteiger partial charge in [-0.1, -0.05) is 30.3 Å². The van der Waals surface area contributed by atoms with Gasteiger partial charge >= 0.3 is 6.03 Å². The smallest absolute Gasteiger partial charge is 0.318 e. The zero-order valence-corrected chi connectivity index (χ0v) is 14.4. The van der Waals surface area contributed by atoms with Gasteiger partial charge in [0.2, 0.25) is 0 Å². The Labute approximate surface area is 143 Å². The summed E-state index contributed by atoms with van der Waals surface area (Å²) in [5.41, 5.74) is 2.33. The van der Waals surface area contributed by atoms with E-state index in [1.165, 1.54) is 11.3 Å². The average molecular weight is 343 g/mol. The molecule has 0 radical (unpaired) electrons. The van der Waals surface area contributed by atoms with E-state index in [1.807, 2.05) is 19.9 Å². The molecule has 0 saturated carbocycles. The molecule has 0 bridgehead atoms. The summed E-state index contributed by atoms with van der Waals surface area (Å²) < 4.78 is 0. The molecule has 0 spiro atoms. The maximum Gasteiger partial charge on any atom is 0.344 e. The topological polar surface area (TPSA) is 78.5 Å². The first-order valence-electron chi connectivity index (χ1n) is 7.43. The molecule has 1 unspecified atom stereocenters. The third kappa shape index (κ3) is 2.56. The number of carbonyl (C=O) groups is 3. The van der Waals surface area contributed by atoms with Gasteiger partial charge in [0.25, 0.3) is 11.8 Å². The van der Waals surface area contributed by atoms with Gasteiger partial charge in [-0.2, -0.15) is 5.01 Å². The molecule has 6 nitrogen and oxygen atoms in total. The Morgan fingerprint density at radius 2 is 1.88 bits per heavy atom. The second kappa shape index (κ2) is 5.76. The number of nitrogens with one attached hydrogen (secondary N) is 2. The zero-order chi connectivity index (χ0) is 17.5. The number of urea groups is 1. The van der Waals surface area contributed by atoms with Crippen molar-refractivity contribution in [3.63, 3.8) is 0 Å². The first-order chi connectivity index (χ1) is 11.3. The molecule has 1 aliphatic heterocycles. The predicted molar refractivity (Wildman–Crippen MR) is 90.4 cm³/mol. The summed E-state index contributed by atoms with van der Waals surface area (Å²) in [5, 5.41) is 3.40. The van der Waals surface area contributed by atoms with Crippen molar-refractivity contribution in [2.75, 3.05) is 0 Å². The molecule has 24 heavy (non-hydrogen) atoms. The number of imide groups is 1. The van der Waals surface area contributed by atoms with Gasteiger partial charge in [-0.25, -0.2) is 4.79 Å². The van der Waals surface area contributed by atoms with Gasteiger partial charge in [-0.05, 0) is 32.4 Å². The summed E-state index contributed by atoms with van der Waals surface area (Å²) in [4.78, 5) is 39.2. The highest BCUT2D eigenvalue weighted by molar-refractivity contribution is 7.12. The number of hydrazine groups is 1. The van der Waals surface area contributed by atoms with Gasteiger partial charge in [-0.3, -0.25) is 15.0 Å². The summed E-state index contributed by atoms with van der Waals surface area (Å²) in [6, 6.07) is 10.0. The second-order valence-electron chi connectivity index (χ2n) is 5.83. The Balaban J connectivity index is 1.85. The number of hydrogen-bond acceptors (Lipinski definition) is 4. The molecule has 4 amide bonds. The number of aryl methyl sites for hydroxylation is 2. The fourth-order valence-corrected chi connectivity index (χ4v) is 3.65. The van der Waals surface area contributed by atoms with Gasteiger partial charge in [0.05, 0.1) is 5.56 Å². The molecular formula is C17H17N3O3S. The lowest BCUT2D eigenvalue weighted by Crippen LogP contribution is -2.48. The van der Waals surface area contributed by atoms with E-state index in [-0.39, 0.29) is 0 Å². The van der Waals surface area contributed by atoms with Crippen molar-refractivity contribution in [1.82, 2.24) is 15.8 Å². The van der Waals surface area contributed by atoms with Crippen LogP contribution in [0.3, 0.4) is 0 Å². The van der Waals surface area contributed by atoms with Crippen LogP contribution in [0, 0.1) is 13.8 Å². The fourth-order valence-electron chi connectivity index (χ4n) is 2.73. The highest BCUT2D eigenvalue weighted by atomic mass is 32.1. The van der Waals surface area contributed by atoms with Crippen molar-refractivity contribution in [2.45, 2.75) is 26.3 Å². The summed E-state index contributed by atoms with van der Waals surface area (Å²) in [6.45, 7) is 5.34. The molecule has 1 aromatic heterocycles. The minimum atomic E-state index is -1.20. The van der Waals surface area contributed by atoms with Crippen molar-refractivity contribution in [3.8, 4) is 0 Å². The van der Waals surface area contributed by atoms with Crippen LogP contribution < -0.4 is 10.7 Å². The first-order valence-corrected chi connectivity index (χ1v) is 8.25. The lowest BCUT2D eigenvalue weighted by molar-refractivity contribution is -0.132. The van der Waals surface area contributed by atoms with Crippen LogP contribution >= 0.6 is 11.3 Å². The van der Waals surface area contributed by atoms with E-state index in [4.69, 9.17) is 0 Å². The largest absolute Gasteiger partial charge is 0.344 e. The lowest BCUT2D eigenvalue weighted by Gasteiger charge is -2.22. The molecule has 2 aromatic rings. The van der Waals surface area contributed by atoms with Crippen molar-refractivity contribution in [1.29, 1.82) is 0 Å². The lowest BCUT2D eigenvalue weighted by atomic mass is 9.92. The van der Waals surface area contributed by atoms with Crippen LogP contribution in [0.25, 0.3) is 0 Å². The van der Waals surface area contributed by atoms with Crippen LogP contribution in [0.2, 0.25) is 0 Å². The summed E-state index contributed by atoms with van der Waals surface area (Å²) in [7, 11) is 0. The molecule has 7 heteroatoms. The Morgan fingerprint density at radius 3 is 2.46 bits per heavy atom. The maximum atomic E-state index is 12.7. The van der Waals surface area contributed by atoms with E-state index in [2.05, 4.69) is 10.7 Å². The number of nitrogens with zero attached hydrogens (tertiary/aromatic N) is 1. The highest BCUT2D eigenvalue weighted by Crippen LogP contribution is 2.28. The van der Waals surface area contributed by atoms with Gasteiger partial charge in [0.1, 0.15) is 5.54 Å². The van der Waals surface area contributed by atoms with Crippen LogP contribution in [0.4, 0.5) is 4.79 Å². The standard InChI is InChI=1S/C17H17N3O3S/c1-10-9-13(11(2)24-10)14(21)19-20-15(22)17(3,18-16(20)23)12-7-5-4-6-8-12/h4-9H,1-3H3,(H,18,23)(H,19,21). The molecule has 0 aliphatic carbocycles. The third-order valence-electron chi connectivity index (χ3n) is 4.04. The minimum absolute atomic E-state index is 0.464. The normalized spacial score (nSPS) is 20.2. The Bertz CT molecular complexity index is 831. The summed E-state index contributed by atoms with van der Waals surface area (Å²) >= 11 is 1.49. The quantitative estimate of drug-likeness (QED) is 0.841. The van der Waals surface area contributed by atoms with Crippen LogP contribution in [-0.4, -0.2) is 22.9 Å². The Morgan fingerprint density at radius 1 is 1.21 bits per heavy atom. The molecular weight excluding hydrogens is 326 g/mol. The second-order valence-corrected chi connectivity index (χ2v) is 7.29. The molecule has 2 N–H and O–H groups in total. The van der Waals surface area contributed by atoms with Gasteiger partial charge < -0.3 is 5.32 Å². The maximum absolute atomic E-state index is 12.7. The van der Waals surface area contributed by atoms with E-state index in [0.29, 0.717) is 11.1 Å². The number of thiophene rings is 1. The van der Waals surface area contributed by atoms with E-state index in [0.717, 1.165) is 14.8 Å². The fraction of sp³-hybridized carbons (Fsp3) is 0.235. The molecule has 1 atom stereocenters. The number of amides is 4. The first kappa shape index (κ1) is 16.2. The van der Waals surface area contributed by atoms with E-state index < -0.39 is 23.4 Å². The summed E-state index contributed by atoms with van der Waals surface area (Å²) in [5.74, 6) is -0.991. The highest BCUT2D eigenvalue weighted by Gasteiger charge is 2.50. The average Bonchev–Trinajstić information content (AvgIpc) is 3.00. The molecule has 124 valence electrons. The van der Waals surface area contributed by atoms with Gasteiger partial charge in [-0.15, -0.1) is 11.3 Å². The molecule has 1 aromatic carbocycles. The molecule has 1 saturated heterocycles. The number of carbonyl (C=O) groups excluding carboxylic acids is 3. The van der Waals surface area contributed by atoms with E-state index >= 15 is 0 Å². The SMILES string of the molecule is Cc1cc(C(=O)NN2C(=O)NC(C)(c3ccccc3)C2=O)c(C)s1. The molecule has 1 aliphatic rings. The van der Waals surface area contributed by atoms with Gasteiger partial charge in [0.15, 0.2) is 0 Å². The van der Waals surface area contributed by atoms with Crippen molar-refractivity contribution in [2.24, 2.45) is 0 Å². The third-order valence-corrected chi connectivity index (χ3v) is 5.01. The minimum Gasteiger partial charge on any atom is -0.318 e. The van der Waals surface area contributed by atoms with Crippen molar-refractivity contribution in [3.05, 3.63) is 57.3 Å². The Kier molecular flexibility index (Phi) is 3.88. The monoisotopic (exact) mass is 343 g/mol. The van der Waals surface area contributed by atoms with Crippen LogP contribution in [0.1, 0.15) is 32.6 Å². The number of benzene rings is 1. The predicted octanol–water partition coefficient (Wildman–Crippen LogP) is 2.48. The van der Waals surface area contributed by atoms with Crippen molar-refractivity contribution >= 4 is 29.2 Å². The zero-order valence-electron chi connectivity index (χ0n) is 13.5. The van der Waals surface area contributed by atoms with Crippen LogP contribution in [0.15, 0.2) is 36.4 Å². The van der Waals surface area contributed by atoms with Crippen molar-refractivity contribution < 1.29 is 14.4 Å². The van der Waals surface area contributed by atoms with Crippen LogP contribution in [0.5, 0.6) is 0 Å². The van der Waals surface area contributed by atoms with E-state index in [9.17, 15) is 14.4 Å². The van der Waals surface area contributed by atoms with Gasteiger partial charge in [0, 0.05) is 9.75 Å².